The van der Waals surface area contributed by atoms with Gasteiger partial charge in [0.2, 0.25) is 5.43 Å². The van der Waals surface area contributed by atoms with Gasteiger partial charge in [-0.15, -0.1) is 23.7 Å². The number of hydrogen-bond donors (Lipinski definition) is 1. The normalized spacial score (nSPS) is 19.5. The third-order valence-corrected chi connectivity index (χ3v) is 6.86. The van der Waals surface area contributed by atoms with Crippen LogP contribution in [0.15, 0.2) is 35.4 Å². The molecule has 7 nitrogen and oxygen atoms in total. The Bertz CT molecular complexity index is 1280. The van der Waals surface area contributed by atoms with Gasteiger partial charge in [0, 0.05) is 23.7 Å². The van der Waals surface area contributed by atoms with Crippen molar-refractivity contribution in [2.75, 3.05) is 6.61 Å². The molecule has 2 aliphatic rings. The maximum Gasteiger partial charge on any atom is 0.276 e. The quantitative estimate of drug-likeness (QED) is 0.596. The van der Waals surface area contributed by atoms with E-state index in [9.17, 15) is 19.1 Å². The van der Waals surface area contributed by atoms with Crippen molar-refractivity contribution in [1.82, 2.24) is 14.5 Å². The average molecular weight is 498 g/mol. The summed E-state index contributed by atoms with van der Waals surface area (Å²) in [6.07, 6.45) is 2.92. The minimum absolute atomic E-state index is 0. The zero-order valence-corrected chi connectivity index (χ0v) is 19.1. The summed E-state index contributed by atoms with van der Waals surface area (Å²) in [5.41, 5.74) is -0.108. The zero-order chi connectivity index (χ0) is 21.9. The van der Waals surface area contributed by atoms with Crippen LogP contribution in [0, 0.1) is 5.82 Å². The van der Waals surface area contributed by atoms with Gasteiger partial charge in [-0.25, -0.2) is 9.37 Å². The molecule has 0 bridgehead atoms. The predicted molar refractivity (Wildman–Crippen MR) is 120 cm³/mol. The van der Waals surface area contributed by atoms with Gasteiger partial charge in [-0.05, 0) is 18.6 Å². The Hall–Kier alpha value is -2.46. The topological polar surface area (TPSA) is 84.7 Å². The van der Waals surface area contributed by atoms with Crippen molar-refractivity contribution in [2.45, 2.75) is 32.2 Å². The fraction of sp³-hybridized carbons (Fsp3) is 0.286. The van der Waals surface area contributed by atoms with Gasteiger partial charge in [0.25, 0.3) is 5.91 Å². The Kier molecular flexibility index (Phi) is 6.02. The number of carbonyl (C=O) groups is 1. The molecular formula is C21H18Cl2FN3O4S. The molecule has 1 fully saturated rings. The number of aromatic nitrogens is 2. The molecule has 2 atom stereocenters. The molecule has 2 aliphatic heterocycles. The molecule has 0 radical (unpaired) electrons. The summed E-state index contributed by atoms with van der Waals surface area (Å²) >= 11 is 7.06. The molecule has 11 heteroatoms. The van der Waals surface area contributed by atoms with Crippen molar-refractivity contribution in [2.24, 2.45) is 0 Å². The number of pyridine rings is 1. The lowest BCUT2D eigenvalue weighted by Crippen LogP contribution is -2.48. The maximum absolute atomic E-state index is 14.2. The molecule has 0 aliphatic carbocycles. The van der Waals surface area contributed by atoms with Crippen LogP contribution in [0.2, 0.25) is 5.02 Å². The number of hydrogen-bond acceptors (Lipinski definition) is 6. The van der Waals surface area contributed by atoms with Gasteiger partial charge in [-0.3, -0.25) is 9.59 Å². The molecule has 1 saturated heterocycles. The molecule has 0 unspecified atom stereocenters. The van der Waals surface area contributed by atoms with E-state index in [0.29, 0.717) is 23.7 Å². The van der Waals surface area contributed by atoms with Crippen LogP contribution in [0.3, 0.4) is 0 Å². The maximum atomic E-state index is 14.2. The van der Waals surface area contributed by atoms with Crippen molar-refractivity contribution in [3.63, 3.8) is 0 Å². The molecule has 5 rings (SSSR count). The molecule has 32 heavy (non-hydrogen) atoms. The van der Waals surface area contributed by atoms with E-state index in [0.717, 1.165) is 4.88 Å². The van der Waals surface area contributed by atoms with E-state index in [1.165, 1.54) is 23.6 Å². The van der Waals surface area contributed by atoms with Crippen LogP contribution < -0.4 is 5.43 Å². The Labute approximate surface area is 197 Å². The number of aromatic hydroxyl groups is 1. The summed E-state index contributed by atoms with van der Waals surface area (Å²) in [4.78, 5) is 32.3. The Morgan fingerprint density at radius 2 is 2.16 bits per heavy atom. The highest BCUT2D eigenvalue weighted by Gasteiger charge is 2.42. The van der Waals surface area contributed by atoms with Crippen LogP contribution in [-0.2, 0) is 17.7 Å². The number of ether oxygens (including phenoxy) is 1. The lowest BCUT2D eigenvalue weighted by molar-refractivity contribution is 0.00638. The number of benzene rings is 1. The standard InChI is InChI=1S/C21H17ClFN3O4S.ClH/c1-10-9-30-15-8-25-7-13(18(27)19(28)17(25)21(29)26(10)15)20-24-6-12(31-20)5-11-3-2-4-14(22)16(11)23;/h2-4,6-7,10,15,28H,5,8-9H2,1H3;1H/t10-,15+;/m1./s1. The van der Waals surface area contributed by atoms with E-state index < -0.39 is 29.1 Å². The summed E-state index contributed by atoms with van der Waals surface area (Å²) in [6.45, 7) is 2.56. The van der Waals surface area contributed by atoms with E-state index in [1.54, 1.807) is 27.8 Å². The average Bonchev–Trinajstić information content (AvgIpc) is 3.35. The van der Waals surface area contributed by atoms with Gasteiger partial charge >= 0.3 is 0 Å². The molecular weight excluding hydrogens is 480 g/mol. The summed E-state index contributed by atoms with van der Waals surface area (Å²) in [5.74, 6) is -1.52. The monoisotopic (exact) mass is 497 g/mol. The molecule has 1 amide bonds. The van der Waals surface area contributed by atoms with Crippen molar-refractivity contribution in [3.05, 3.63) is 67.8 Å². The van der Waals surface area contributed by atoms with Gasteiger partial charge in [0.15, 0.2) is 17.7 Å². The van der Waals surface area contributed by atoms with Crippen LogP contribution in [0.1, 0.15) is 27.9 Å². The molecule has 168 valence electrons. The minimum atomic E-state index is -0.666. The Morgan fingerprint density at radius 3 is 2.94 bits per heavy atom. The Balaban J connectivity index is 0.00000245. The van der Waals surface area contributed by atoms with Gasteiger partial charge in [-0.1, -0.05) is 23.7 Å². The number of nitrogens with zero attached hydrogens (tertiary/aromatic N) is 3. The second kappa shape index (κ2) is 8.47. The van der Waals surface area contributed by atoms with Gasteiger partial charge in [0.1, 0.15) is 10.8 Å². The zero-order valence-electron chi connectivity index (χ0n) is 16.7. The van der Waals surface area contributed by atoms with Crippen LogP contribution in [-0.4, -0.2) is 44.3 Å². The number of amides is 1. The van der Waals surface area contributed by atoms with E-state index >= 15 is 0 Å². The van der Waals surface area contributed by atoms with Crippen molar-refractivity contribution in [3.8, 4) is 16.3 Å². The third-order valence-electron chi connectivity index (χ3n) is 5.54. The van der Waals surface area contributed by atoms with E-state index in [2.05, 4.69) is 4.98 Å². The number of halogens is 3. The van der Waals surface area contributed by atoms with Crippen LogP contribution in [0.25, 0.3) is 10.6 Å². The molecule has 4 heterocycles. The number of thiazole rings is 1. The van der Waals surface area contributed by atoms with Crippen molar-refractivity contribution >= 4 is 41.3 Å². The first-order valence-electron chi connectivity index (χ1n) is 9.63. The summed E-state index contributed by atoms with van der Waals surface area (Å²) < 4.78 is 21.4. The van der Waals surface area contributed by atoms with Crippen molar-refractivity contribution < 1.29 is 19.0 Å². The first-order chi connectivity index (χ1) is 14.8. The largest absolute Gasteiger partial charge is 0.503 e. The van der Waals surface area contributed by atoms with E-state index in [4.69, 9.17) is 16.3 Å². The molecule has 0 saturated carbocycles. The highest BCUT2D eigenvalue weighted by atomic mass is 35.5. The molecule has 3 aromatic rings. The number of carbonyl (C=O) groups excluding carboxylic acids is 1. The predicted octanol–water partition coefficient (Wildman–Crippen LogP) is 3.68. The Morgan fingerprint density at radius 1 is 1.38 bits per heavy atom. The molecule has 0 spiro atoms. The van der Waals surface area contributed by atoms with Gasteiger partial charge in [0.05, 0.1) is 29.8 Å². The SMILES string of the molecule is C[C@@H]1CO[C@H]2Cn3cc(-c4ncc(Cc5cccc(Cl)c5F)s4)c(=O)c(O)c3C(=O)N12.Cl. The highest BCUT2D eigenvalue weighted by Crippen LogP contribution is 2.33. The third kappa shape index (κ3) is 3.59. The second-order valence-electron chi connectivity index (χ2n) is 7.59. The van der Waals surface area contributed by atoms with Gasteiger partial charge < -0.3 is 19.3 Å². The van der Waals surface area contributed by atoms with Crippen LogP contribution in [0.5, 0.6) is 5.75 Å². The minimum Gasteiger partial charge on any atom is -0.503 e. The molecule has 2 aromatic heterocycles. The first kappa shape index (κ1) is 22.7. The molecule has 1 aromatic carbocycles. The summed E-state index contributed by atoms with van der Waals surface area (Å²) in [6, 6.07) is 4.66. The van der Waals surface area contributed by atoms with Crippen LogP contribution in [0.4, 0.5) is 4.39 Å². The number of rotatable bonds is 3. The van der Waals surface area contributed by atoms with Crippen LogP contribution >= 0.6 is 35.3 Å². The fourth-order valence-corrected chi connectivity index (χ4v) is 5.15. The van der Waals surface area contributed by atoms with Gasteiger partial charge in [-0.2, -0.15) is 0 Å². The smallest absolute Gasteiger partial charge is 0.276 e. The highest BCUT2D eigenvalue weighted by molar-refractivity contribution is 7.15. The summed E-state index contributed by atoms with van der Waals surface area (Å²) in [5, 5.41) is 11.0. The van der Waals surface area contributed by atoms with E-state index in [-0.39, 0.29) is 41.1 Å². The first-order valence-corrected chi connectivity index (χ1v) is 10.8. The lowest BCUT2D eigenvalue weighted by Gasteiger charge is -2.33. The lowest BCUT2D eigenvalue weighted by atomic mass is 10.1. The fourth-order valence-electron chi connectivity index (χ4n) is 4.01. The molecule has 1 N–H and O–H groups in total. The summed E-state index contributed by atoms with van der Waals surface area (Å²) in [7, 11) is 0. The number of fused-ring (bicyclic) bond motifs is 2. The second-order valence-corrected chi connectivity index (χ2v) is 9.11. The van der Waals surface area contributed by atoms with E-state index in [1.807, 2.05) is 6.92 Å². The van der Waals surface area contributed by atoms with Crippen molar-refractivity contribution in [1.29, 1.82) is 0 Å².